The van der Waals surface area contributed by atoms with Gasteiger partial charge in [0, 0.05) is 35.1 Å². The molecule has 156 valence electrons. The molecule has 0 atom stereocenters. The highest BCUT2D eigenvalue weighted by Crippen LogP contribution is 2.36. The highest BCUT2D eigenvalue weighted by Gasteiger charge is 2.19. The Morgan fingerprint density at radius 1 is 1.23 bits per heavy atom. The van der Waals surface area contributed by atoms with E-state index in [1.807, 2.05) is 43.3 Å². The van der Waals surface area contributed by atoms with Crippen LogP contribution in [0.2, 0.25) is 0 Å². The lowest BCUT2D eigenvalue weighted by molar-refractivity contribution is 0.168. The number of nitrogens with zero attached hydrogens (tertiary/aromatic N) is 2. The maximum absolute atomic E-state index is 11.8. The van der Waals surface area contributed by atoms with Crippen molar-refractivity contribution in [2.45, 2.75) is 26.8 Å². The molecule has 1 aromatic heterocycles. The molecule has 0 spiro atoms. The number of nitrogens with one attached hydrogen (secondary N) is 1. The van der Waals surface area contributed by atoms with Gasteiger partial charge in [0.05, 0.1) is 30.0 Å². The number of halogens is 1. The van der Waals surface area contributed by atoms with Gasteiger partial charge >= 0.3 is 6.09 Å². The number of ether oxygens (including phenoxy) is 2. The summed E-state index contributed by atoms with van der Waals surface area (Å²) in [5.74, 6) is 1.29. The number of hydrogen-bond acceptors (Lipinski definition) is 4. The number of hydrogen-bond donors (Lipinski definition) is 1. The van der Waals surface area contributed by atoms with Crippen molar-refractivity contribution in [3.05, 3.63) is 48.0 Å². The van der Waals surface area contributed by atoms with Crippen molar-refractivity contribution in [3.63, 3.8) is 0 Å². The first-order valence-corrected chi connectivity index (χ1v) is 10.5. The standard InChI is InChI=1S/C23H24ClN3O3/c1-3-27-21-14-18(30-12-6-11-24)9-10-19(21)20(15-25)22(27)16-7-5-8-17(13-16)26-23(28)29-4-2/h5,7-10,13-14H,3-4,6,11-12H2,1-2H3,(H,26,28). The molecule has 1 heterocycles. The lowest BCUT2D eigenvalue weighted by Crippen LogP contribution is -2.13. The second kappa shape index (κ2) is 10.0. The number of carbonyl (C=O) groups is 1. The zero-order chi connectivity index (χ0) is 21.5. The number of aryl methyl sites for hydroxylation is 1. The van der Waals surface area contributed by atoms with E-state index < -0.39 is 6.09 Å². The Kier molecular flexibility index (Phi) is 7.21. The molecule has 30 heavy (non-hydrogen) atoms. The zero-order valence-electron chi connectivity index (χ0n) is 17.1. The van der Waals surface area contributed by atoms with Crippen LogP contribution < -0.4 is 10.1 Å². The molecule has 2 aromatic carbocycles. The number of alkyl halides is 1. The fourth-order valence-electron chi connectivity index (χ4n) is 3.43. The van der Waals surface area contributed by atoms with Crippen molar-refractivity contribution in [2.75, 3.05) is 24.4 Å². The zero-order valence-corrected chi connectivity index (χ0v) is 17.8. The summed E-state index contributed by atoms with van der Waals surface area (Å²) in [4.78, 5) is 11.8. The van der Waals surface area contributed by atoms with Gasteiger partial charge in [0.1, 0.15) is 11.8 Å². The summed E-state index contributed by atoms with van der Waals surface area (Å²) in [6.07, 6.45) is 0.258. The number of nitriles is 1. The van der Waals surface area contributed by atoms with E-state index in [0.29, 0.717) is 36.9 Å². The van der Waals surface area contributed by atoms with Crippen LogP contribution in [0.4, 0.5) is 10.5 Å². The smallest absolute Gasteiger partial charge is 0.411 e. The van der Waals surface area contributed by atoms with Crippen LogP contribution in [0.5, 0.6) is 5.75 Å². The van der Waals surface area contributed by atoms with E-state index in [4.69, 9.17) is 21.1 Å². The Bertz CT molecular complexity index is 1090. The molecular weight excluding hydrogens is 402 g/mol. The van der Waals surface area contributed by atoms with Gasteiger partial charge in [-0.3, -0.25) is 5.32 Å². The summed E-state index contributed by atoms with van der Waals surface area (Å²) in [5, 5.41) is 13.5. The molecule has 0 aliphatic rings. The summed E-state index contributed by atoms with van der Waals surface area (Å²) in [5.41, 5.74) is 3.76. The first kappa shape index (κ1) is 21.5. The third-order valence-electron chi connectivity index (χ3n) is 4.67. The second-order valence-corrected chi connectivity index (χ2v) is 6.95. The first-order valence-electron chi connectivity index (χ1n) is 9.92. The minimum atomic E-state index is -0.509. The van der Waals surface area contributed by atoms with Gasteiger partial charge in [0.2, 0.25) is 0 Å². The van der Waals surface area contributed by atoms with Crippen LogP contribution >= 0.6 is 11.6 Å². The summed E-state index contributed by atoms with van der Waals surface area (Å²) in [6.45, 7) is 5.30. The molecular formula is C23H24ClN3O3. The Morgan fingerprint density at radius 3 is 2.77 bits per heavy atom. The number of amides is 1. The maximum Gasteiger partial charge on any atom is 0.411 e. The molecule has 0 unspecified atom stereocenters. The number of rotatable bonds is 8. The fourth-order valence-corrected chi connectivity index (χ4v) is 3.54. The first-order chi connectivity index (χ1) is 14.6. The van der Waals surface area contributed by atoms with E-state index in [2.05, 4.69) is 16.0 Å². The third-order valence-corrected chi connectivity index (χ3v) is 4.94. The second-order valence-electron chi connectivity index (χ2n) is 6.58. The van der Waals surface area contributed by atoms with Gasteiger partial charge in [-0.25, -0.2) is 4.79 Å². The highest BCUT2D eigenvalue weighted by molar-refractivity contribution is 6.17. The van der Waals surface area contributed by atoms with E-state index in [-0.39, 0.29) is 0 Å². The summed E-state index contributed by atoms with van der Waals surface area (Å²) >= 11 is 5.73. The van der Waals surface area contributed by atoms with Crippen LogP contribution in [0, 0.1) is 11.3 Å². The van der Waals surface area contributed by atoms with Crippen LogP contribution in [-0.4, -0.2) is 29.8 Å². The maximum atomic E-state index is 11.8. The van der Waals surface area contributed by atoms with Gasteiger partial charge in [0.25, 0.3) is 0 Å². The van der Waals surface area contributed by atoms with Gasteiger partial charge in [-0.05, 0) is 44.5 Å². The molecule has 1 amide bonds. The monoisotopic (exact) mass is 425 g/mol. The molecule has 0 radical (unpaired) electrons. The Morgan fingerprint density at radius 2 is 2.07 bits per heavy atom. The number of anilines is 1. The van der Waals surface area contributed by atoms with E-state index >= 15 is 0 Å². The van der Waals surface area contributed by atoms with Crippen molar-refractivity contribution in [3.8, 4) is 23.1 Å². The van der Waals surface area contributed by atoms with Gasteiger partial charge in [-0.2, -0.15) is 5.26 Å². The molecule has 1 N–H and O–H groups in total. The molecule has 0 aliphatic carbocycles. The summed E-state index contributed by atoms with van der Waals surface area (Å²) in [7, 11) is 0. The van der Waals surface area contributed by atoms with Gasteiger partial charge < -0.3 is 14.0 Å². The Hall–Kier alpha value is -3.17. The Labute approximate surface area is 181 Å². The Balaban J connectivity index is 2.07. The average Bonchev–Trinajstić information content (AvgIpc) is 3.07. The molecule has 3 aromatic rings. The average molecular weight is 426 g/mol. The van der Waals surface area contributed by atoms with Crippen LogP contribution in [0.3, 0.4) is 0 Å². The van der Waals surface area contributed by atoms with Crippen LogP contribution in [-0.2, 0) is 11.3 Å². The van der Waals surface area contributed by atoms with E-state index in [0.717, 1.165) is 34.3 Å². The van der Waals surface area contributed by atoms with Crippen molar-refractivity contribution in [2.24, 2.45) is 0 Å². The topological polar surface area (TPSA) is 76.3 Å². The predicted octanol–water partition coefficient (Wildman–Crippen LogP) is 5.78. The van der Waals surface area contributed by atoms with Gasteiger partial charge in [-0.15, -0.1) is 11.6 Å². The number of aromatic nitrogens is 1. The lowest BCUT2D eigenvalue weighted by atomic mass is 10.1. The van der Waals surface area contributed by atoms with Crippen LogP contribution in [0.1, 0.15) is 25.8 Å². The van der Waals surface area contributed by atoms with Crippen molar-refractivity contribution in [1.29, 1.82) is 5.26 Å². The van der Waals surface area contributed by atoms with E-state index in [1.54, 1.807) is 13.0 Å². The highest BCUT2D eigenvalue weighted by atomic mass is 35.5. The van der Waals surface area contributed by atoms with Crippen LogP contribution in [0.15, 0.2) is 42.5 Å². The molecule has 3 rings (SSSR count). The molecule has 6 nitrogen and oxygen atoms in total. The number of carbonyl (C=O) groups excluding carboxylic acids is 1. The molecule has 0 fully saturated rings. The third kappa shape index (κ3) is 4.52. The van der Waals surface area contributed by atoms with Crippen molar-refractivity contribution >= 4 is 34.3 Å². The molecule has 0 saturated heterocycles. The molecule has 0 saturated carbocycles. The molecule has 0 aliphatic heterocycles. The largest absolute Gasteiger partial charge is 0.493 e. The molecule has 7 heteroatoms. The van der Waals surface area contributed by atoms with Gasteiger partial charge in [-0.1, -0.05) is 12.1 Å². The fraction of sp³-hybridized carbons (Fsp3) is 0.304. The summed E-state index contributed by atoms with van der Waals surface area (Å²) in [6, 6.07) is 15.5. The number of benzene rings is 2. The predicted molar refractivity (Wildman–Crippen MR) is 119 cm³/mol. The van der Waals surface area contributed by atoms with Crippen molar-refractivity contribution < 1.29 is 14.3 Å². The van der Waals surface area contributed by atoms with Gasteiger partial charge in [0.15, 0.2) is 0 Å². The van der Waals surface area contributed by atoms with E-state index in [9.17, 15) is 10.1 Å². The summed E-state index contributed by atoms with van der Waals surface area (Å²) < 4.78 is 12.8. The number of fused-ring (bicyclic) bond motifs is 1. The normalized spacial score (nSPS) is 10.6. The van der Waals surface area contributed by atoms with Crippen LogP contribution in [0.25, 0.3) is 22.2 Å². The minimum absolute atomic E-state index is 0.295. The quantitative estimate of drug-likeness (QED) is 0.366. The molecule has 0 bridgehead atoms. The SMILES string of the molecule is CCOC(=O)Nc1cccc(-c2c(C#N)c3ccc(OCCCCl)cc3n2CC)c1. The lowest BCUT2D eigenvalue weighted by Gasteiger charge is -2.11. The minimum Gasteiger partial charge on any atom is -0.493 e. The van der Waals surface area contributed by atoms with Crippen molar-refractivity contribution in [1.82, 2.24) is 4.57 Å². The van der Waals surface area contributed by atoms with E-state index in [1.165, 1.54) is 0 Å².